The first-order valence-corrected chi connectivity index (χ1v) is 3.48. The van der Waals surface area contributed by atoms with E-state index in [4.69, 9.17) is 17.8 Å². The lowest BCUT2D eigenvalue weighted by Gasteiger charge is -2.18. The van der Waals surface area contributed by atoms with Crippen molar-refractivity contribution in [3.8, 4) is 0 Å². The van der Waals surface area contributed by atoms with Gasteiger partial charge in [-0.3, -0.25) is 0 Å². The van der Waals surface area contributed by atoms with Gasteiger partial charge in [0.1, 0.15) is 0 Å². The largest absolute Gasteiger partial charge is 0.0638 e. The first kappa shape index (κ1) is 1.79. The number of hydrogen-bond acceptors (Lipinski definition) is 0. The third kappa shape index (κ3) is 2.33. The molecule has 11 heavy (non-hydrogen) atoms. The van der Waals surface area contributed by atoms with Crippen LogP contribution in [0.15, 0.2) is 28.6 Å². The van der Waals surface area contributed by atoms with Crippen LogP contribution in [-0.4, -0.2) is 0 Å². The Labute approximate surface area is 95.0 Å². The molecular weight excluding hydrogens is 200 g/mol. The molecule has 0 aromatic heterocycles. The summed E-state index contributed by atoms with van der Waals surface area (Å²) in [5.74, 6) is 0. The molecule has 0 unspecified atom stereocenters. The molecule has 60 valence electrons. The van der Waals surface area contributed by atoms with Crippen molar-refractivity contribution in [1.29, 1.82) is 0 Å². The third-order valence-electron chi connectivity index (χ3n) is 0.969. The molecule has 1 aromatic rings. The van der Waals surface area contributed by atoms with Crippen LogP contribution in [0.5, 0.6) is 0 Å². The van der Waals surface area contributed by atoms with Gasteiger partial charge in [0.05, 0.1) is 5.48 Å². The van der Waals surface area contributed by atoms with Gasteiger partial charge in [0, 0.05) is 16.8 Å². The van der Waals surface area contributed by atoms with E-state index in [1.807, 2.05) is 0 Å². The first-order valence-electron chi connectivity index (χ1n) is 9.19. The number of halogens is 1. The molecule has 1 rings (SSSR count). The van der Waals surface area contributed by atoms with E-state index in [1.54, 1.807) is 0 Å². The van der Waals surface area contributed by atoms with Crippen molar-refractivity contribution in [3.63, 3.8) is 0 Å². The highest BCUT2D eigenvalue weighted by atomic mass is 79.9. The maximum absolute atomic E-state index is 7.95. The second kappa shape index (κ2) is 2.98. The van der Waals surface area contributed by atoms with Crippen LogP contribution in [0.1, 0.15) is 43.9 Å². The minimum Gasteiger partial charge on any atom is -0.0609 e. The number of benzene rings is 1. The molecule has 1 aromatic carbocycles. The highest BCUT2D eigenvalue weighted by Gasteiger charge is 2.12. The SMILES string of the molecule is [2H]c1c([2H])c(Br)c([2H])c(C(C([2H])([2H])[2H])(C([2H])([2H])[2H])C([2H])([2H])[2H])c1[2H]. The van der Waals surface area contributed by atoms with Gasteiger partial charge < -0.3 is 0 Å². The van der Waals surface area contributed by atoms with E-state index in [9.17, 15) is 0 Å². The second-order valence-corrected chi connectivity index (χ2v) is 2.73. The quantitative estimate of drug-likeness (QED) is 0.632. The Morgan fingerprint density at radius 2 is 2.18 bits per heavy atom. The first-order chi connectivity index (χ1) is 10.4. The van der Waals surface area contributed by atoms with E-state index < -0.39 is 60.2 Å². The highest BCUT2D eigenvalue weighted by Crippen LogP contribution is 2.24. The van der Waals surface area contributed by atoms with Crippen LogP contribution in [0.2, 0.25) is 0 Å². The summed E-state index contributed by atoms with van der Waals surface area (Å²) in [7, 11) is 0. The molecule has 0 aliphatic carbocycles. The maximum atomic E-state index is 7.95. The van der Waals surface area contributed by atoms with Crippen molar-refractivity contribution >= 4 is 15.9 Å². The summed E-state index contributed by atoms with van der Waals surface area (Å²) >= 11 is 2.78. The molecule has 0 fully saturated rings. The monoisotopic (exact) mass is 225 g/mol. The molecule has 0 atom stereocenters. The minimum absolute atomic E-state index is 0.444. The summed E-state index contributed by atoms with van der Waals surface area (Å²) in [5, 5.41) is 0. The van der Waals surface area contributed by atoms with Crippen molar-refractivity contribution in [2.45, 2.75) is 26.0 Å². The topological polar surface area (TPSA) is 0 Å². The zero-order chi connectivity index (χ0) is 19.5. The van der Waals surface area contributed by atoms with E-state index in [1.165, 1.54) is 0 Å². The predicted octanol–water partition coefficient (Wildman–Crippen LogP) is 3.75. The Balaban J connectivity index is 4.27. The summed E-state index contributed by atoms with van der Waals surface area (Å²) in [6.07, 6.45) is 0. The zero-order valence-corrected chi connectivity index (χ0v) is 6.96. The minimum atomic E-state index is -3.63. The van der Waals surface area contributed by atoms with E-state index >= 15 is 0 Å². The molecule has 0 amide bonds. The van der Waals surface area contributed by atoms with E-state index in [0.29, 0.717) is 0 Å². The van der Waals surface area contributed by atoms with Crippen molar-refractivity contribution < 1.29 is 17.8 Å². The zero-order valence-electron chi connectivity index (χ0n) is 18.4. The lowest BCUT2D eigenvalue weighted by atomic mass is 9.87. The van der Waals surface area contributed by atoms with Crippen LogP contribution in [0.4, 0.5) is 0 Å². The Kier molecular flexibility index (Phi) is 0.485. The smallest absolute Gasteiger partial charge is 0.0609 e. The molecule has 1 heteroatoms. The summed E-state index contributed by atoms with van der Waals surface area (Å²) in [5.41, 5.74) is -4.66. The molecule has 0 saturated carbocycles. The summed E-state index contributed by atoms with van der Waals surface area (Å²) in [4.78, 5) is 0. The van der Waals surface area contributed by atoms with Gasteiger partial charge in [-0.25, -0.2) is 0 Å². The number of rotatable bonds is 0. The van der Waals surface area contributed by atoms with Crippen LogP contribution in [0.25, 0.3) is 0 Å². The predicted molar refractivity (Wildman–Crippen MR) is 52.8 cm³/mol. The van der Waals surface area contributed by atoms with Gasteiger partial charge in [-0.05, 0) is 23.1 Å². The maximum Gasteiger partial charge on any atom is 0.0638 e. The molecule has 0 N–H and O–H groups in total. The van der Waals surface area contributed by atoms with Gasteiger partial charge in [-0.1, -0.05) is 48.6 Å². The van der Waals surface area contributed by atoms with Gasteiger partial charge in [-0.2, -0.15) is 0 Å². The van der Waals surface area contributed by atoms with E-state index in [-0.39, 0.29) is 0 Å². The third-order valence-corrected chi connectivity index (χ3v) is 1.37. The van der Waals surface area contributed by atoms with Gasteiger partial charge in [0.15, 0.2) is 0 Å². The van der Waals surface area contributed by atoms with Crippen molar-refractivity contribution in [1.82, 2.24) is 0 Å². The molecular formula is C10H13Br. The standard InChI is InChI=1S/C10H13Br/c1-10(2,3)8-5-4-6-9(11)7-8/h4-7H,1-3H3/i1D3,2D3,3D3,4D,5D,6D,7D. The lowest BCUT2D eigenvalue weighted by Crippen LogP contribution is -2.10. The molecule has 0 heterocycles. The highest BCUT2D eigenvalue weighted by molar-refractivity contribution is 9.10. The van der Waals surface area contributed by atoms with E-state index in [2.05, 4.69) is 15.9 Å². The molecule has 0 spiro atoms. The Bertz CT molecular complexity index is 586. The summed E-state index contributed by atoms with van der Waals surface area (Å²) < 4.78 is 99.0. The second-order valence-electron chi connectivity index (χ2n) is 1.94. The average Bonchev–Trinajstić information content (AvgIpc) is 2.34. The van der Waals surface area contributed by atoms with Crippen LogP contribution >= 0.6 is 15.9 Å². The van der Waals surface area contributed by atoms with Crippen LogP contribution < -0.4 is 0 Å². The fourth-order valence-electron chi connectivity index (χ4n) is 0.508. The summed E-state index contributed by atoms with van der Waals surface area (Å²) in [6, 6.07) is -3.49. The van der Waals surface area contributed by atoms with Gasteiger partial charge in [0.25, 0.3) is 0 Å². The van der Waals surface area contributed by atoms with Crippen LogP contribution in [0.3, 0.4) is 0 Å². The Morgan fingerprint density at radius 1 is 1.45 bits per heavy atom. The fourth-order valence-corrected chi connectivity index (χ4v) is 0.806. The van der Waals surface area contributed by atoms with Crippen LogP contribution in [-0.2, 0) is 5.41 Å². The van der Waals surface area contributed by atoms with Crippen molar-refractivity contribution in [2.24, 2.45) is 0 Å². The fraction of sp³-hybridized carbons (Fsp3) is 0.400. The lowest BCUT2D eigenvalue weighted by molar-refractivity contribution is 0.590. The van der Waals surface area contributed by atoms with Gasteiger partial charge in [0.2, 0.25) is 0 Å². The van der Waals surface area contributed by atoms with Crippen molar-refractivity contribution in [3.05, 3.63) is 34.2 Å². The average molecular weight is 226 g/mol. The molecule has 0 aliphatic rings. The van der Waals surface area contributed by atoms with Gasteiger partial charge >= 0.3 is 0 Å². The Hall–Kier alpha value is -0.300. The molecule has 0 bridgehead atoms. The molecule has 0 nitrogen and oxygen atoms in total. The molecule has 0 saturated heterocycles. The Morgan fingerprint density at radius 3 is 2.82 bits per heavy atom. The summed E-state index contributed by atoms with van der Waals surface area (Å²) in [6.45, 7) is -10.9. The number of hydrogen-bond donors (Lipinski definition) is 0. The molecule has 0 radical (unpaired) electrons. The van der Waals surface area contributed by atoms with E-state index in [0.717, 1.165) is 0 Å². The van der Waals surface area contributed by atoms with Crippen LogP contribution in [0, 0.1) is 0 Å². The van der Waals surface area contributed by atoms with Gasteiger partial charge in [-0.15, -0.1) is 0 Å². The molecule has 0 aliphatic heterocycles. The normalized spacial score (nSPS) is 32.3. The van der Waals surface area contributed by atoms with Crippen molar-refractivity contribution in [2.75, 3.05) is 0 Å².